The first kappa shape index (κ1) is 13.5. The van der Waals surface area contributed by atoms with Crippen molar-refractivity contribution in [3.05, 3.63) is 59.0 Å². The number of furan rings is 1. The second kappa shape index (κ2) is 5.83. The van der Waals surface area contributed by atoms with Gasteiger partial charge in [-0.1, -0.05) is 24.3 Å². The van der Waals surface area contributed by atoms with Gasteiger partial charge in [-0.15, -0.1) is 0 Å². The standard InChI is InChI=1S/C14H12N2O4/c1-9-12(6-7-20-9)13(17)16-15-8-10-2-4-11(5-3-10)14(18)19/h2-8H,1H3,(H,16,17)(H,18,19)/p-1. The van der Waals surface area contributed by atoms with Gasteiger partial charge >= 0.3 is 0 Å². The van der Waals surface area contributed by atoms with E-state index in [9.17, 15) is 14.7 Å². The first-order valence-corrected chi connectivity index (χ1v) is 5.77. The molecule has 0 saturated heterocycles. The van der Waals surface area contributed by atoms with Gasteiger partial charge < -0.3 is 14.3 Å². The van der Waals surface area contributed by atoms with E-state index < -0.39 is 5.97 Å². The molecule has 6 heteroatoms. The molecule has 1 N–H and O–H groups in total. The van der Waals surface area contributed by atoms with Crippen molar-refractivity contribution in [2.45, 2.75) is 6.92 Å². The minimum absolute atomic E-state index is 0.0835. The summed E-state index contributed by atoms with van der Waals surface area (Å²) in [6.45, 7) is 1.68. The van der Waals surface area contributed by atoms with E-state index in [0.29, 0.717) is 16.9 Å². The number of carboxylic acid groups (broad SMARTS) is 1. The average Bonchev–Trinajstić information content (AvgIpc) is 2.85. The molecule has 0 spiro atoms. The van der Waals surface area contributed by atoms with E-state index in [1.165, 1.54) is 24.6 Å². The van der Waals surface area contributed by atoms with E-state index in [1.807, 2.05) is 0 Å². The van der Waals surface area contributed by atoms with Crippen LogP contribution in [0.3, 0.4) is 0 Å². The van der Waals surface area contributed by atoms with Crippen molar-refractivity contribution in [1.82, 2.24) is 5.43 Å². The zero-order valence-corrected chi connectivity index (χ0v) is 10.6. The number of nitrogens with one attached hydrogen (secondary N) is 1. The highest BCUT2D eigenvalue weighted by molar-refractivity contribution is 5.95. The summed E-state index contributed by atoms with van der Waals surface area (Å²) in [5, 5.41) is 14.4. The molecule has 0 aliphatic carbocycles. The van der Waals surface area contributed by atoms with E-state index in [4.69, 9.17) is 4.42 Å². The fourth-order valence-corrected chi connectivity index (χ4v) is 1.55. The zero-order valence-electron chi connectivity index (χ0n) is 10.6. The Kier molecular flexibility index (Phi) is 3.95. The third-order valence-corrected chi connectivity index (χ3v) is 2.63. The molecule has 0 bridgehead atoms. The minimum atomic E-state index is -1.24. The van der Waals surface area contributed by atoms with Gasteiger partial charge in [0.2, 0.25) is 0 Å². The summed E-state index contributed by atoms with van der Waals surface area (Å²) in [5.41, 5.74) is 3.50. The topological polar surface area (TPSA) is 94.7 Å². The number of carbonyl (C=O) groups is 2. The molecular formula is C14H11N2O4-. The summed E-state index contributed by atoms with van der Waals surface area (Å²) in [5.74, 6) is -1.10. The monoisotopic (exact) mass is 271 g/mol. The minimum Gasteiger partial charge on any atom is -0.545 e. The quantitative estimate of drug-likeness (QED) is 0.654. The maximum absolute atomic E-state index is 11.7. The molecule has 20 heavy (non-hydrogen) atoms. The largest absolute Gasteiger partial charge is 0.545 e. The highest BCUT2D eigenvalue weighted by atomic mass is 16.4. The number of benzene rings is 1. The maximum atomic E-state index is 11.7. The number of hydrazone groups is 1. The molecule has 0 aliphatic heterocycles. The van der Waals surface area contributed by atoms with Crippen LogP contribution < -0.4 is 10.5 Å². The van der Waals surface area contributed by atoms with Crippen molar-refractivity contribution in [2.24, 2.45) is 5.10 Å². The lowest BCUT2D eigenvalue weighted by molar-refractivity contribution is -0.255. The van der Waals surface area contributed by atoms with Crippen LogP contribution in [-0.4, -0.2) is 18.1 Å². The molecule has 0 aliphatic rings. The number of amides is 1. The van der Waals surface area contributed by atoms with Crippen molar-refractivity contribution in [3.8, 4) is 0 Å². The summed E-state index contributed by atoms with van der Waals surface area (Å²) in [4.78, 5) is 22.3. The Morgan fingerprint density at radius 1 is 1.25 bits per heavy atom. The number of nitrogens with zero attached hydrogens (tertiary/aromatic N) is 1. The van der Waals surface area contributed by atoms with Gasteiger partial charge in [0.25, 0.3) is 5.91 Å². The van der Waals surface area contributed by atoms with E-state index in [2.05, 4.69) is 10.5 Å². The third-order valence-electron chi connectivity index (χ3n) is 2.63. The van der Waals surface area contributed by atoms with Gasteiger partial charge in [-0.25, -0.2) is 5.43 Å². The number of hydrogen-bond donors (Lipinski definition) is 1. The first-order valence-electron chi connectivity index (χ1n) is 5.77. The average molecular weight is 271 g/mol. The predicted molar refractivity (Wildman–Crippen MR) is 69.3 cm³/mol. The van der Waals surface area contributed by atoms with Crippen LogP contribution in [0.1, 0.15) is 32.0 Å². The summed E-state index contributed by atoms with van der Waals surface area (Å²) >= 11 is 0. The Morgan fingerprint density at radius 2 is 1.95 bits per heavy atom. The van der Waals surface area contributed by atoms with Crippen LogP contribution in [0, 0.1) is 6.92 Å². The fourth-order valence-electron chi connectivity index (χ4n) is 1.55. The van der Waals surface area contributed by atoms with Crippen molar-refractivity contribution in [2.75, 3.05) is 0 Å². The van der Waals surface area contributed by atoms with Crippen LogP contribution in [0.25, 0.3) is 0 Å². The van der Waals surface area contributed by atoms with E-state index in [-0.39, 0.29) is 11.5 Å². The summed E-state index contributed by atoms with van der Waals surface area (Å²) in [6, 6.07) is 7.47. The number of aromatic carboxylic acids is 1. The predicted octanol–water partition coefficient (Wildman–Crippen LogP) is 0.715. The Labute approximate surface area is 114 Å². The highest BCUT2D eigenvalue weighted by Gasteiger charge is 2.09. The van der Waals surface area contributed by atoms with Gasteiger partial charge in [-0.2, -0.15) is 5.10 Å². The van der Waals surface area contributed by atoms with Crippen LogP contribution in [0.4, 0.5) is 0 Å². The van der Waals surface area contributed by atoms with E-state index >= 15 is 0 Å². The van der Waals surface area contributed by atoms with Crippen molar-refractivity contribution < 1.29 is 19.1 Å². The second-order valence-corrected chi connectivity index (χ2v) is 4.00. The second-order valence-electron chi connectivity index (χ2n) is 4.00. The normalized spacial score (nSPS) is 10.7. The lowest BCUT2D eigenvalue weighted by Gasteiger charge is -2.01. The van der Waals surface area contributed by atoms with Gasteiger partial charge in [0, 0.05) is 0 Å². The molecule has 0 atom stereocenters. The molecule has 1 aromatic heterocycles. The molecule has 2 rings (SSSR count). The lowest BCUT2D eigenvalue weighted by Crippen LogP contribution is -2.22. The SMILES string of the molecule is Cc1occc1C(=O)NN=Cc1ccc(C(=O)[O-])cc1. The number of hydrogen-bond acceptors (Lipinski definition) is 5. The number of carbonyl (C=O) groups excluding carboxylic acids is 2. The van der Waals surface area contributed by atoms with E-state index in [0.717, 1.165) is 0 Å². The molecule has 2 aromatic rings. The van der Waals surface area contributed by atoms with Crippen molar-refractivity contribution in [1.29, 1.82) is 0 Å². The summed E-state index contributed by atoms with van der Waals surface area (Å²) in [7, 11) is 0. The van der Waals surface area contributed by atoms with Gasteiger partial charge in [-0.3, -0.25) is 4.79 Å². The van der Waals surface area contributed by atoms with Gasteiger partial charge in [0.05, 0.1) is 24.0 Å². The zero-order chi connectivity index (χ0) is 14.5. The summed E-state index contributed by atoms with van der Waals surface area (Å²) in [6.07, 6.45) is 2.83. The molecule has 1 amide bonds. The summed E-state index contributed by atoms with van der Waals surface area (Å²) < 4.78 is 5.01. The Hall–Kier alpha value is -2.89. The van der Waals surface area contributed by atoms with Crippen LogP contribution in [0.5, 0.6) is 0 Å². The van der Waals surface area contributed by atoms with Crippen molar-refractivity contribution >= 4 is 18.1 Å². The molecule has 0 saturated carbocycles. The molecule has 102 valence electrons. The lowest BCUT2D eigenvalue weighted by atomic mass is 10.1. The van der Waals surface area contributed by atoms with Crippen molar-refractivity contribution in [3.63, 3.8) is 0 Å². The molecule has 0 unspecified atom stereocenters. The molecule has 1 aromatic carbocycles. The third kappa shape index (κ3) is 3.11. The molecule has 0 radical (unpaired) electrons. The molecule has 6 nitrogen and oxygen atoms in total. The molecular weight excluding hydrogens is 260 g/mol. The number of rotatable bonds is 4. The van der Waals surface area contributed by atoms with Crippen LogP contribution in [-0.2, 0) is 0 Å². The maximum Gasteiger partial charge on any atom is 0.274 e. The first-order chi connectivity index (χ1) is 9.58. The van der Waals surface area contributed by atoms with Gasteiger partial charge in [-0.05, 0) is 24.1 Å². The van der Waals surface area contributed by atoms with Crippen LogP contribution in [0.2, 0.25) is 0 Å². The fraction of sp³-hybridized carbons (Fsp3) is 0.0714. The van der Waals surface area contributed by atoms with E-state index in [1.54, 1.807) is 25.1 Å². The van der Waals surface area contributed by atoms with Crippen LogP contribution in [0.15, 0.2) is 46.1 Å². The van der Waals surface area contributed by atoms with Crippen LogP contribution >= 0.6 is 0 Å². The molecule has 0 fully saturated rings. The Balaban J connectivity index is 1.98. The van der Waals surface area contributed by atoms with Gasteiger partial charge in [0.1, 0.15) is 5.76 Å². The molecule has 1 heterocycles. The Bertz CT molecular complexity index is 656. The highest BCUT2D eigenvalue weighted by Crippen LogP contribution is 2.08. The number of carboxylic acids is 1. The smallest absolute Gasteiger partial charge is 0.274 e. The van der Waals surface area contributed by atoms with Gasteiger partial charge in [0.15, 0.2) is 0 Å². The Morgan fingerprint density at radius 3 is 2.50 bits per heavy atom. The number of aryl methyl sites for hydroxylation is 1.